The highest BCUT2D eigenvalue weighted by atomic mass is 19.4. The van der Waals surface area contributed by atoms with E-state index >= 15 is 0 Å². The lowest BCUT2D eigenvalue weighted by molar-refractivity contribution is -0.227. The molecule has 27 heavy (non-hydrogen) atoms. The smallest absolute Gasteiger partial charge is 0.406 e. The van der Waals surface area contributed by atoms with Crippen molar-refractivity contribution in [3.63, 3.8) is 0 Å². The summed E-state index contributed by atoms with van der Waals surface area (Å²) in [6.45, 7) is -1.31. The molecule has 1 aromatic rings. The summed E-state index contributed by atoms with van der Waals surface area (Å²) < 4.78 is 39.8. The highest BCUT2D eigenvalue weighted by Crippen LogP contribution is 2.45. The first-order valence-corrected chi connectivity index (χ1v) is 8.20. The van der Waals surface area contributed by atoms with Crippen LogP contribution in [0.1, 0.15) is 19.3 Å². The van der Waals surface area contributed by atoms with Gasteiger partial charge in [0, 0.05) is 25.9 Å². The predicted molar refractivity (Wildman–Crippen MR) is 87.9 cm³/mol. The lowest BCUT2D eigenvalue weighted by Gasteiger charge is -2.28. The van der Waals surface area contributed by atoms with Crippen LogP contribution >= 0.6 is 0 Å². The molecule has 1 unspecified atom stereocenters. The van der Waals surface area contributed by atoms with E-state index in [0.717, 1.165) is 9.91 Å². The van der Waals surface area contributed by atoms with Gasteiger partial charge < -0.3 is 10.0 Å². The van der Waals surface area contributed by atoms with E-state index in [9.17, 15) is 27.6 Å². The largest absolute Gasteiger partial charge is 0.481 e. The third-order valence-corrected chi connectivity index (χ3v) is 4.79. The topological polar surface area (TPSA) is 90.3 Å². The van der Waals surface area contributed by atoms with E-state index in [1.54, 1.807) is 30.3 Å². The lowest BCUT2D eigenvalue weighted by Crippen LogP contribution is -2.49. The number of anilines is 1. The van der Waals surface area contributed by atoms with Crippen LogP contribution in [0.15, 0.2) is 35.4 Å². The van der Waals surface area contributed by atoms with E-state index in [0.29, 0.717) is 5.69 Å². The standard InChI is InChI=1S/C17H16F3N3O4/c18-17(19,20)16(15(26)27)8-9-22(10-16)14(25)12-6-7-13(24)23(21-12)11-4-2-1-3-5-11/h1-5H,6-10H2,(H,26,27). The molecule has 10 heteroatoms. The zero-order valence-electron chi connectivity index (χ0n) is 14.1. The van der Waals surface area contributed by atoms with Crippen LogP contribution in [0.4, 0.5) is 18.9 Å². The minimum absolute atomic E-state index is 0.0103. The number of likely N-dealkylation sites (tertiary alicyclic amines) is 1. The van der Waals surface area contributed by atoms with Gasteiger partial charge in [0.2, 0.25) is 5.91 Å². The molecule has 1 fully saturated rings. The number of rotatable bonds is 3. The summed E-state index contributed by atoms with van der Waals surface area (Å²) >= 11 is 0. The Morgan fingerprint density at radius 3 is 2.37 bits per heavy atom. The second-order valence-corrected chi connectivity index (χ2v) is 6.45. The maximum Gasteiger partial charge on any atom is 0.406 e. The zero-order valence-corrected chi connectivity index (χ0v) is 14.1. The van der Waals surface area contributed by atoms with Crippen LogP contribution in [0.3, 0.4) is 0 Å². The number of carboxylic acid groups (broad SMARTS) is 1. The quantitative estimate of drug-likeness (QED) is 0.865. The summed E-state index contributed by atoms with van der Waals surface area (Å²) in [5.41, 5.74) is -2.61. The Bertz CT molecular complexity index is 809. The van der Waals surface area contributed by atoms with E-state index in [2.05, 4.69) is 5.10 Å². The number of halogens is 3. The second-order valence-electron chi connectivity index (χ2n) is 6.45. The van der Waals surface area contributed by atoms with Crippen molar-refractivity contribution in [2.75, 3.05) is 18.1 Å². The Hall–Kier alpha value is -2.91. The number of hydrogen-bond donors (Lipinski definition) is 1. The first kappa shape index (κ1) is 18.9. The molecule has 2 amide bonds. The number of carbonyl (C=O) groups is 3. The van der Waals surface area contributed by atoms with Crippen molar-refractivity contribution in [2.45, 2.75) is 25.4 Å². The molecule has 0 aromatic heterocycles. The van der Waals surface area contributed by atoms with Crippen molar-refractivity contribution >= 4 is 29.2 Å². The number of para-hydroxylation sites is 1. The predicted octanol–water partition coefficient (Wildman–Crippen LogP) is 2.04. The van der Waals surface area contributed by atoms with Crippen LogP contribution in [-0.4, -0.2) is 52.8 Å². The molecule has 1 atom stereocenters. The third-order valence-electron chi connectivity index (χ3n) is 4.79. The minimum atomic E-state index is -4.98. The SMILES string of the molecule is O=C(C1=NN(c2ccccc2)C(=O)CC1)N1CCC(C(=O)O)(C(F)(F)F)C1. The van der Waals surface area contributed by atoms with Gasteiger partial charge in [-0.3, -0.25) is 14.4 Å². The normalized spacial score (nSPS) is 23.4. The molecule has 0 spiro atoms. The number of aliphatic carboxylic acids is 1. The molecule has 144 valence electrons. The fourth-order valence-electron chi connectivity index (χ4n) is 3.17. The molecule has 0 aliphatic carbocycles. The number of alkyl halides is 3. The number of nitrogens with zero attached hydrogens (tertiary/aromatic N) is 3. The van der Waals surface area contributed by atoms with Crippen LogP contribution in [0, 0.1) is 5.41 Å². The summed E-state index contributed by atoms with van der Waals surface area (Å²) in [6.07, 6.45) is -5.72. The maximum atomic E-state index is 13.3. The van der Waals surface area contributed by atoms with Crippen molar-refractivity contribution < 1.29 is 32.7 Å². The Morgan fingerprint density at radius 2 is 1.81 bits per heavy atom. The summed E-state index contributed by atoms with van der Waals surface area (Å²) in [7, 11) is 0. The number of amides is 2. The fourth-order valence-corrected chi connectivity index (χ4v) is 3.17. The molecular formula is C17H16F3N3O4. The van der Waals surface area contributed by atoms with Gasteiger partial charge in [0.15, 0.2) is 5.41 Å². The molecule has 1 N–H and O–H groups in total. The van der Waals surface area contributed by atoms with E-state index < -0.39 is 36.4 Å². The van der Waals surface area contributed by atoms with E-state index in [1.807, 2.05) is 0 Å². The molecule has 0 radical (unpaired) electrons. The first-order valence-electron chi connectivity index (χ1n) is 8.20. The molecule has 0 saturated carbocycles. The Labute approximate surface area is 152 Å². The van der Waals surface area contributed by atoms with E-state index in [1.165, 1.54) is 0 Å². The van der Waals surface area contributed by atoms with E-state index in [4.69, 9.17) is 5.11 Å². The van der Waals surface area contributed by atoms with Gasteiger partial charge in [-0.2, -0.15) is 18.3 Å². The number of carboxylic acids is 1. The molecule has 1 aromatic carbocycles. The Kier molecular flexibility index (Phi) is 4.66. The summed E-state index contributed by atoms with van der Waals surface area (Å²) in [6, 6.07) is 8.33. The van der Waals surface area contributed by atoms with Crippen molar-refractivity contribution in [2.24, 2.45) is 10.5 Å². The van der Waals surface area contributed by atoms with E-state index in [-0.39, 0.29) is 31.0 Å². The van der Waals surface area contributed by atoms with Crippen molar-refractivity contribution in [1.29, 1.82) is 0 Å². The highest BCUT2D eigenvalue weighted by Gasteiger charge is 2.64. The van der Waals surface area contributed by atoms with Crippen LogP contribution in [0.2, 0.25) is 0 Å². The average Bonchev–Trinajstić information content (AvgIpc) is 3.09. The van der Waals surface area contributed by atoms with Gasteiger partial charge in [-0.25, -0.2) is 5.01 Å². The van der Waals surface area contributed by atoms with Gasteiger partial charge in [0.25, 0.3) is 5.91 Å². The summed E-state index contributed by atoms with van der Waals surface area (Å²) in [5.74, 6) is -3.12. The van der Waals surface area contributed by atoms with Gasteiger partial charge in [-0.05, 0) is 18.6 Å². The second kappa shape index (κ2) is 6.67. The maximum absolute atomic E-state index is 13.3. The Balaban J connectivity index is 1.84. The third kappa shape index (κ3) is 3.26. The number of carbonyl (C=O) groups excluding carboxylic acids is 2. The molecule has 3 rings (SSSR count). The van der Waals surface area contributed by atoms with Crippen molar-refractivity contribution in [1.82, 2.24) is 4.90 Å². The molecule has 2 aliphatic rings. The van der Waals surface area contributed by atoms with Crippen LogP contribution < -0.4 is 5.01 Å². The average molecular weight is 383 g/mol. The highest BCUT2D eigenvalue weighted by molar-refractivity contribution is 6.40. The molecular weight excluding hydrogens is 367 g/mol. The monoisotopic (exact) mass is 383 g/mol. The minimum Gasteiger partial charge on any atom is -0.481 e. The van der Waals surface area contributed by atoms with Crippen LogP contribution in [0.25, 0.3) is 0 Å². The molecule has 2 heterocycles. The van der Waals surface area contributed by atoms with Gasteiger partial charge in [0.05, 0.1) is 5.69 Å². The fraction of sp³-hybridized carbons (Fsp3) is 0.412. The number of hydrazone groups is 1. The molecule has 2 aliphatic heterocycles. The molecule has 0 bridgehead atoms. The molecule has 7 nitrogen and oxygen atoms in total. The summed E-state index contributed by atoms with van der Waals surface area (Å²) in [4.78, 5) is 36.8. The van der Waals surface area contributed by atoms with Crippen LogP contribution in [-0.2, 0) is 14.4 Å². The zero-order chi connectivity index (χ0) is 19.8. The Morgan fingerprint density at radius 1 is 1.15 bits per heavy atom. The van der Waals surface area contributed by atoms with Crippen LogP contribution in [0.5, 0.6) is 0 Å². The number of hydrogen-bond acceptors (Lipinski definition) is 4. The van der Waals surface area contributed by atoms with Gasteiger partial charge in [0.1, 0.15) is 5.71 Å². The first-order chi connectivity index (χ1) is 12.7. The van der Waals surface area contributed by atoms with Gasteiger partial charge in [-0.15, -0.1) is 0 Å². The molecule has 1 saturated heterocycles. The van der Waals surface area contributed by atoms with Crippen molar-refractivity contribution in [3.8, 4) is 0 Å². The number of benzene rings is 1. The van der Waals surface area contributed by atoms with Crippen molar-refractivity contribution in [3.05, 3.63) is 30.3 Å². The lowest BCUT2D eigenvalue weighted by atomic mass is 9.86. The summed E-state index contributed by atoms with van der Waals surface area (Å²) in [5, 5.41) is 14.1. The van der Waals surface area contributed by atoms with Gasteiger partial charge in [-0.1, -0.05) is 18.2 Å². The van der Waals surface area contributed by atoms with Gasteiger partial charge >= 0.3 is 12.1 Å².